The largest absolute Gasteiger partial charge is 0.483 e. The molecule has 3 fully saturated rings. The summed E-state index contributed by atoms with van der Waals surface area (Å²) in [7, 11) is 0. The number of aromatic nitrogens is 5. The lowest BCUT2D eigenvalue weighted by Crippen LogP contribution is -2.51. The van der Waals surface area contributed by atoms with Gasteiger partial charge in [-0.1, -0.05) is 11.6 Å². The molecule has 3 aliphatic rings. The number of amides is 2. The van der Waals surface area contributed by atoms with Crippen molar-refractivity contribution in [3.63, 3.8) is 0 Å². The van der Waals surface area contributed by atoms with E-state index in [1.165, 1.54) is 29.1 Å². The first kappa shape index (κ1) is 34.0. The SMILES string of the molecule is O=C(c1ccc(Nc2nccn3c(-c4cn(CC(F)F)nc4C(F)(F)F)cnc23)cc1Cl)N1CCN(C(=O)C2[C@H]3CNC[C@@H]23)CC1.O=CO. The second-order valence-corrected chi connectivity index (χ2v) is 12.1. The fourth-order valence-electron chi connectivity index (χ4n) is 6.46. The van der Waals surface area contributed by atoms with Gasteiger partial charge >= 0.3 is 6.18 Å². The summed E-state index contributed by atoms with van der Waals surface area (Å²) in [6.07, 6.45) is -2.96. The summed E-state index contributed by atoms with van der Waals surface area (Å²) in [4.78, 5) is 46.5. The van der Waals surface area contributed by atoms with Gasteiger partial charge in [0.2, 0.25) is 5.91 Å². The summed E-state index contributed by atoms with van der Waals surface area (Å²) in [5.74, 6) is 1.05. The fraction of sp³-hybridized carbons (Fsp3) is 0.400. The molecule has 13 nitrogen and oxygen atoms in total. The molecule has 3 atom stereocenters. The standard InChI is InChI=1S/C29H27ClF5N9O2.CH2O2/c30-20-9-15(1-2-16(20)27(45)41-5-7-42(8-6-41)28(46)23-17-10-36-11-18(17)23)39-25-26-38-12-21(44(26)4-3-37-25)19-13-43(14-22(31)32)40-24(19)29(33,34)35;2-1-3/h1-4,9,12-13,17-18,22-23,36H,5-8,10-11,14H2,(H,37,39);1H,(H,2,3)/t17-,18+,23?;. The lowest BCUT2D eigenvalue weighted by molar-refractivity contribution is -0.141. The smallest absolute Gasteiger partial charge is 0.435 e. The van der Waals surface area contributed by atoms with Crippen molar-refractivity contribution in [3.8, 4) is 11.3 Å². The van der Waals surface area contributed by atoms with Crippen LogP contribution in [-0.2, 0) is 22.3 Å². The molecule has 260 valence electrons. The number of carboxylic acid groups (broad SMARTS) is 1. The third kappa shape index (κ3) is 6.87. The average Bonchev–Trinajstić information content (AvgIpc) is 3.46. The van der Waals surface area contributed by atoms with Crippen molar-refractivity contribution >= 4 is 47.0 Å². The van der Waals surface area contributed by atoms with Gasteiger partial charge in [0.25, 0.3) is 18.8 Å². The van der Waals surface area contributed by atoms with E-state index >= 15 is 0 Å². The van der Waals surface area contributed by atoms with E-state index in [-0.39, 0.29) is 51.9 Å². The maximum absolute atomic E-state index is 13.7. The number of nitrogens with one attached hydrogen (secondary N) is 2. The molecule has 2 aliphatic heterocycles. The number of alkyl halides is 5. The molecular formula is C30H29ClF5N9O4. The maximum Gasteiger partial charge on any atom is 0.435 e. The minimum Gasteiger partial charge on any atom is -0.483 e. The Morgan fingerprint density at radius 2 is 1.78 bits per heavy atom. The Balaban J connectivity index is 0.00000134. The Morgan fingerprint density at radius 3 is 2.41 bits per heavy atom. The van der Waals surface area contributed by atoms with Crippen LogP contribution in [0.3, 0.4) is 0 Å². The number of imidazole rings is 1. The van der Waals surface area contributed by atoms with Crippen LogP contribution in [0.1, 0.15) is 16.1 Å². The zero-order valence-electron chi connectivity index (χ0n) is 25.4. The number of piperazine rings is 1. The number of benzene rings is 1. The summed E-state index contributed by atoms with van der Waals surface area (Å²) >= 11 is 6.53. The molecule has 4 aromatic rings. The molecule has 3 N–H and O–H groups in total. The van der Waals surface area contributed by atoms with E-state index in [1.807, 2.05) is 4.90 Å². The lowest BCUT2D eigenvalue weighted by Gasteiger charge is -2.35. The topological polar surface area (TPSA) is 150 Å². The van der Waals surface area contributed by atoms with Crippen molar-refractivity contribution in [2.45, 2.75) is 19.1 Å². The van der Waals surface area contributed by atoms with Crippen molar-refractivity contribution in [2.24, 2.45) is 17.8 Å². The van der Waals surface area contributed by atoms with Crippen molar-refractivity contribution in [2.75, 3.05) is 44.6 Å². The van der Waals surface area contributed by atoms with Crippen LogP contribution in [0.15, 0.2) is 43.0 Å². The van der Waals surface area contributed by atoms with E-state index in [2.05, 4.69) is 25.7 Å². The summed E-state index contributed by atoms with van der Waals surface area (Å²) < 4.78 is 68.9. The van der Waals surface area contributed by atoms with Gasteiger partial charge in [-0.15, -0.1) is 0 Å². The van der Waals surface area contributed by atoms with Gasteiger partial charge in [0.05, 0.1) is 28.0 Å². The van der Waals surface area contributed by atoms with Crippen LogP contribution >= 0.6 is 11.6 Å². The lowest BCUT2D eigenvalue weighted by atomic mass is 10.1. The van der Waals surface area contributed by atoms with Gasteiger partial charge in [-0.2, -0.15) is 18.3 Å². The first-order valence-corrected chi connectivity index (χ1v) is 15.5. The number of hydrogen-bond donors (Lipinski definition) is 3. The van der Waals surface area contributed by atoms with Crippen molar-refractivity contribution < 1.29 is 41.4 Å². The average molecular weight is 710 g/mol. The molecule has 49 heavy (non-hydrogen) atoms. The van der Waals surface area contributed by atoms with Gasteiger partial charge in [-0.3, -0.25) is 23.5 Å². The Bertz CT molecular complexity index is 1870. The van der Waals surface area contributed by atoms with Gasteiger partial charge < -0.3 is 25.5 Å². The number of nitrogens with zero attached hydrogens (tertiary/aromatic N) is 7. The summed E-state index contributed by atoms with van der Waals surface area (Å²) in [5.41, 5.74) is -0.879. The van der Waals surface area contributed by atoms with Gasteiger partial charge in [-0.25, -0.2) is 18.7 Å². The minimum atomic E-state index is -4.89. The summed E-state index contributed by atoms with van der Waals surface area (Å²) in [6.45, 7) is 2.24. The molecule has 5 heterocycles. The molecule has 1 aliphatic carbocycles. The predicted molar refractivity (Wildman–Crippen MR) is 164 cm³/mol. The third-order valence-electron chi connectivity index (χ3n) is 8.78. The maximum atomic E-state index is 13.7. The highest BCUT2D eigenvalue weighted by molar-refractivity contribution is 6.34. The fourth-order valence-corrected chi connectivity index (χ4v) is 6.72. The molecule has 0 radical (unpaired) electrons. The van der Waals surface area contributed by atoms with Gasteiger partial charge in [0.15, 0.2) is 17.2 Å². The molecular weight excluding hydrogens is 681 g/mol. The number of fused-ring (bicyclic) bond motifs is 2. The first-order valence-electron chi connectivity index (χ1n) is 15.1. The normalized spacial score (nSPS) is 20.2. The third-order valence-corrected chi connectivity index (χ3v) is 9.09. The molecule has 1 unspecified atom stereocenters. The molecule has 1 saturated carbocycles. The molecule has 0 bridgehead atoms. The number of anilines is 2. The highest BCUT2D eigenvalue weighted by atomic mass is 35.5. The Kier molecular flexibility index (Phi) is 9.43. The zero-order chi connectivity index (χ0) is 35.0. The quantitative estimate of drug-likeness (QED) is 0.193. The van der Waals surface area contributed by atoms with Crippen LogP contribution in [0.25, 0.3) is 16.9 Å². The van der Waals surface area contributed by atoms with Gasteiger partial charge in [-0.05, 0) is 43.1 Å². The Hall–Kier alpha value is -4.84. The van der Waals surface area contributed by atoms with Crippen molar-refractivity contribution in [1.29, 1.82) is 0 Å². The molecule has 7 rings (SSSR count). The second-order valence-electron chi connectivity index (χ2n) is 11.7. The Morgan fingerprint density at radius 1 is 1.10 bits per heavy atom. The minimum absolute atomic E-state index is 0.0222. The van der Waals surface area contributed by atoms with Crippen LogP contribution in [-0.4, -0.2) is 103 Å². The molecule has 0 spiro atoms. The van der Waals surface area contributed by atoms with E-state index in [0.717, 1.165) is 19.3 Å². The van der Waals surface area contributed by atoms with Crippen LogP contribution in [0.4, 0.5) is 33.5 Å². The van der Waals surface area contributed by atoms with E-state index in [4.69, 9.17) is 21.5 Å². The number of halogens is 6. The van der Waals surface area contributed by atoms with E-state index < -0.39 is 30.4 Å². The van der Waals surface area contributed by atoms with Crippen LogP contribution < -0.4 is 10.6 Å². The van der Waals surface area contributed by atoms with Crippen molar-refractivity contribution in [3.05, 3.63) is 59.3 Å². The highest BCUT2D eigenvalue weighted by Crippen LogP contribution is 2.49. The number of carbonyl (C=O) groups is 3. The molecule has 3 aromatic heterocycles. The molecule has 1 aromatic carbocycles. The number of piperidine rings is 1. The second kappa shape index (κ2) is 13.6. The van der Waals surface area contributed by atoms with Crippen LogP contribution in [0.5, 0.6) is 0 Å². The number of rotatable bonds is 7. The first-order chi connectivity index (χ1) is 23.4. The summed E-state index contributed by atoms with van der Waals surface area (Å²) in [5, 5.41) is 16.7. The summed E-state index contributed by atoms with van der Waals surface area (Å²) in [6, 6.07) is 4.70. The Labute approximate surface area is 279 Å². The number of carbonyl (C=O) groups excluding carboxylic acids is 2. The van der Waals surface area contributed by atoms with Crippen LogP contribution in [0, 0.1) is 17.8 Å². The predicted octanol–water partition coefficient (Wildman–Crippen LogP) is 3.72. The molecule has 2 saturated heterocycles. The monoisotopic (exact) mass is 709 g/mol. The van der Waals surface area contributed by atoms with Gasteiger partial charge in [0.1, 0.15) is 6.54 Å². The van der Waals surface area contributed by atoms with Crippen molar-refractivity contribution in [1.82, 2.24) is 39.3 Å². The van der Waals surface area contributed by atoms with E-state index in [9.17, 15) is 31.5 Å². The molecule has 2 amide bonds. The van der Waals surface area contributed by atoms with Gasteiger partial charge in [0, 0.05) is 56.4 Å². The molecule has 19 heteroatoms. The number of hydrogen-bond acceptors (Lipinski definition) is 8. The van der Waals surface area contributed by atoms with E-state index in [1.54, 1.807) is 17.0 Å². The van der Waals surface area contributed by atoms with E-state index in [0.29, 0.717) is 48.4 Å². The van der Waals surface area contributed by atoms with Crippen LogP contribution in [0.2, 0.25) is 5.02 Å². The zero-order valence-corrected chi connectivity index (χ0v) is 26.2. The highest BCUT2D eigenvalue weighted by Gasteiger charge is 2.58.